The van der Waals surface area contributed by atoms with Gasteiger partial charge in [-0.3, -0.25) is 14.2 Å². The Balaban J connectivity index is 6.45. The Kier molecular flexibility index (Phi) is 10.2. The van der Waals surface area contributed by atoms with Crippen molar-refractivity contribution in [2.75, 3.05) is 13.2 Å². The first kappa shape index (κ1) is 29.0. The molecule has 0 heterocycles. The third-order valence-electron chi connectivity index (χ3n) is 4.37. The van der Waals surface area contributed by atoms with Crippen LogP contribution in [0.15, 0.2) is 0 Å². The summed E-state index contributed by atoms with van der Waals surface area (Å²) in [5.41, 5.74) is -2.84. The van der Waals surface area contributed by atoms with Crippen LogP contribution >= 0.6 is 7.60 Å². The van der Waals surface area contributed by atoms with Gasteiger partial charge in [-0.2, -0.15) is 5.06 Å². The first-order chi connectivity index (χ1) is 13.3. The molecule has 0 aliphatic carbocycles. The summed E-state index contributed by atoms with van der Waals surface area (Å²) in [4.78, 5) is 29.4. The van der Waals surface area contributed by atoms with E-state index in [0.717, 1.165) is 0 Å². The maximum absolute atomic E-state index is 13.8. The summed E-state index contributed by atoms with van der Waals surface area (Å²) in [6.07, 6.45) is -1.76. The van der Waals surface area contributed by atoms with Crippen molar-refractivity contribution in [2.45, 2.75) is 93.1 Å². The number of hydroxylamine groups is 2. The van der Waals surface area contributed by atoms with Crippen LogP contribution in [-0.2, 0) is 28.0 Å². The van der Waals surface area contributed by atoms with Gasteiger partial charge in [-0.25, -0.2) is 4.79 Å². The molecule has 0 aromatic rings. The largest absolute Gasteiger partial charge is 0.481 e. The zero-order valence-electron chi connectivity index (χ0n) is 20.0. The molecule has 0 radical (unpaired) electrons. The zero-order valence-corrected chi connectivity index (χ0v) is 20.9. The Bertz CT molecular complexity index is 626. The molecule has 0 aromatic carbocycles. The van der Waals surface area contributed by atoms with E-state index in [-0.39, 0.29) is 19.6 Å². The molecule has 0 rings (SSSR count). The average Bonchev–Trinajstić information content (AvgIpc) is 2.50. The maximum atomic E-state index is 13.8. The molecule has 178 valence electrons. The van der Waals surface area contributed by atoms with Crippen LogP contribution in [0.25, 0.3) is 0 Å². The van der Waals surface area contributed by atoms with E-state index in [1.807, 2.05) is 20.8 Å². The molecule has 2 unspecified atom stereocenters. The van der Waals surface area contributed by atoms with Gasteiger partial charge in [0.15, 0.2) is 6.10 Å². The van der Waals surface area contributed by atoms with Crippen LogP contribution in [0.5, 0.6) is 0 Å². The van der Waals surface area contributed by atoms with Crippen LogP contribution in [0, 0.1) is 10.8 Å². The second-order valence-corrected chi connectivity index (χ2v) is 12.0. The molecule has 0 aliphatic heterocycles. The molecule has 10 heteroatoms. The highest BCUT2D eigenvalue weighted by atomic mass is 31.2. The Morgan fingerprint density at radius 1 is 0.933 bits per heavy atom. The van der Waals surface area contributed by atoms with Gasteiger partial charge in [0.25, 0.3) is 0 Å². The Hall–Kier alpha value is -0.990. The molecule has 0 aromatic heterocycles. The highest BCUT2D eigenvalue weighted by Gasteiger charge is 2.52. The second-order valence-electron chi connectivity index (χ2n) is 9.94. The molecule has 0 aliphatic rings. The molecular formula is C20H40NO8P. The Morgan fingerprint density at radius 2 is 1.37 bits per heavy atom. The van der Waals surface area contributed by atoms with E-state index in [1.54, 1.807) is 34.6 Å². The van der Waals surface area contributed by atoms with Crippen molar-refractivity contribution >= 4 is 19.5 Å². The van der Waals surface area contributed by atoms with Gasteiger partial charge >= 0.3 is 19.5 Å². The quantitative estimate of drug-likeness (QED) is 0.322. The van der Waals surface area contributed by atoms with Crippen molar-refractivity contribution in [1.29, 1.82) is 0 Å². The standard InChI is InChI=1S/C20H40NO8P/c1-11-27-30(26,28-12-2)16(18(3,4)5)21(19(6,7)8)29-14(15(22)23)13-20(9,10)17(24)25/h14,16H,11-13H2,1-10H3,(H,22,23)(H,24,25). The third-order valence-corrected chi connectivity index (χ3v) is 7.19. The van der Waals surface area contributed by atoms with Gasteiger partial charge in [-0.05, 0) is 53.9 Å². The Morgan fingerprint density at radius 3 is 1.63 bits per heavy atom. The summed E-state index contributed by atoms with van der Waals surface area (Å²) in [5.74, 6) is -3.39. The SMILES string of the molecule is CCOP(=O)(OCC)C(N(OC(CC(C)(C)C(=O)O)C(=O)O)C(C)(C)C)C(C)(C)C. The van der Waals surface area contributed by atoms with Gasteiger partial charge in [-0.1, -0.05) is 20.8 Å². The van der Waals surface area contributed by atoms with Gasteiger partial charge in [0, 0.05) is 12.0 Å². The minimum atomic E-state index is -3.77. The van der Waals surface area contributed by atoms with Crippen LogP contribution in [0.2, 0.25) is 0 Å². The van der Waals surface area contributed by atoms with Crippen molar-refractivity contribution in [3.63, 3.8) is 0 Å². The first-order valence-electron chi connectivity index (χ1n) is 10.1. The average molecular weight is 454 g/mol. The first-order valence-corrected chi connectivity index (χ1v) is 11.8. The van der Waals surface area contributed by atoms with E-state index in [1.165, 1.54) is 18.9 Å². The summed E-state index contributed by atoms with van der Waals surface area (Å²) in [7, 11) is -3.77. The van der Waals surface area contributed by atoms with E-state index in [4.69, 9.17) is 13.9 Å². The molecule has 2 N–H and O–H groups in total. The van der Waals surface area contributed by atoms with E-state index in [2.05, 4.69) is 0 Å². The molecule has 0 saturated heterocycles. The van der Waals surface area contributed by atoms with E-state index in [9.17, 15) is 24.4 Å². The van der Waals surface area contributed by atoms with Gasteiger partial charge in [0.1, 0.15) is 5.78 Å². The predicted octanol–water partition coefficient (Wildman–Crippen LogP) is 4.61. The number of carboxylic acids is 2. The molecule has 0 bridgehead atoms. The monoisotopic (exact) mass is 453 g/mol. The minimum Gasteiger partial charge on any atom is -0.481 e. The number of hydrogen-bond acceptors (Lipinski definition) is 7. The number of nitrogens with zero attached hydrogens (tertiary/aromatic N) is 1. The summed E-state index contributed by atoms with van der Waals surface area (Å²) in [6.45, 7) is 17.4. The lowest BCUT2D eigenvalue weighted by Crippen LogP contribution is -2.56. The molecular weight excluding hydrogens is 413 g/mol. The normalized spacial score (nSPS) is 15.8. The molecule has 9 nitrogen and oxygen atoms in total. The van der Waals surface area contributed by atoms with E-state index >= 15 is 0 Å². The molecule has 0 spiro atoms. The van der Waals surface area contributed by atoms with Crippen molar-refractivity contribution < 1.29 is 38.3 Å². The third kappa shape index (κ3) is 7.93. The lowest BCUT2D eigenvalue weighted by atomic mass is 9.87. The van der Waals surface area contributed by atoms with Crippen LogP contribution in [0.3, 0.4) is 0 Å². The molecule has 30 heavy (non-hydrogen) atoms. The highest BCUT2D eigenvalue weighted by Crippen LogP contribution is 2.61. The van der Waals surface area contributed by atoms with Gasteiger partial charge < -0.3 is 19.3 Å². The van der Waals surface area contributed by atoms with Gasteiger partial charge in [0.2, 0.25) is 0 Å². The smallest absolute Gasteiger partial charge is 0.350 e. The van der Waals surface area contributed by atoms with Crippen LogP contribution in [0.4, 0.5) is 0 Å². The minimum absolute atomic E-state index is 0.135. The van der Waals surface area contributed by atoms with E-state index < -0.39 is 47.8 Å². The number of carboxylic acid groups (broad SMARTS) is 2. The number of hydrogen-bond donors (Lipinski definition) is 2. The van der Waals surface area contributed by atoms with E-state index in [0.29, 0.717) is 0 Å². The number of carbonyl (C=O) groups is 2. The van der Waals surface area contributed by atoms with Gasteiger partial charge in [0.05, 0.1) is 18.6 Å². The fourth-order valence-corrected chi connectivity index (χ4v) is 5.62. The summed E-state index contributed by atoms with van der Waals surface area (Å²) in [6, 6.07) is 0. The summed E-state index contributed by atoms with van der Waals surface area (Å²) in [5, 5.41) is 20.5. The van der Waals surface area contributed by atoms with Crippen molar-refractivity contribution in [1.82, 2.24) is 5.06 Å². The van der Waals surface area contributed by atoms with Crippen LogP contribution < -0.4 is 0 Å². The predicted molar refractivity (Wildman–Crippen MR) is 114 cm³/mol. The molecule has 0 saturated carbocycles. The lowest BCUT2D eigenvalue weighted by Gasteiger charge is -2.48. The summed E-state index contributed by atoms with van der Waals surface area (Å²) >= 11 is 0. The molecule has 0 amide bonds. The molecule has 0 fully saturated rings. The van der Waals surface area contributed by atoms with Crippen LogP contribution in [0.1, 0.15) is 75.7 Å². The fourth-order valence-electron chi connectivity index (χ4n) is 2.93. The summed E-state index contributed by atoms with van der Waals surface area (Å²) < 4.78 is 25.0. The van der Waals surface area contributed by atoms with Crippen molar-refractivity contribution in [3.05, 3.63) is 0 Å². The second kappa shape index (κ2) is 10.6. The number of aliphatic carboxylic acids is 2. The Labute approximate surface area is 180 Å². The van der Waals surface area contributed by atoms with Gasteiger partial charge in [-0.15, -0.1) is 0 Å². The maximum Gasteiger partial charge on any atom is 0.350 e. The highest BCUT2D eigenvalue weighted by molar-refractivity contribution is 7.54. The number of rotatable bonds is 12. The van der Waals surface area contributed by atoms with Crippen molar-refractivity contribution in [3.8, 4) is 0 Å². The lowest BCUT2D eigenvalue weighted by molar-refractivity contribution is -0.269. The topological polar surface area (TPSA) is 123 Å². The molecule has 2 atom stereocenters. The zero-order chi connectivity index (χ0) is 24.1. The van der Waals surface area contributed by atoms with Crippen molar-refractivity contribution in [2.24, 2.45) is 10.8 Å². The van der Waals surface area contributed by atoms with Crippen LogP contribution in [-0.4, -0.2) is 57.9 Å². The fraction of sp³-hybridized carbons (Fsp3) is 0.900.